The topological polar surface area (TPSA) is 62.7 Å². The number of fused-ring (bicyclic) bond motifs is 1. The van der Waals surface area contributed by atoms with E-state index in [4.69, 9.17) is 9.72 Å². The van der Waals surface area contributed by atoms with E-state index < -0.39 is 6.10 Å². The van der Waals surface area contributed by atoms with Gasteiger partial charge in [0.15, 0.2) is 5.78 Å². The Morgan fingerprint density at radius 3 is 2.79 bits per heavy atom. The van der Waals surface area contributed by atoms with Crippen molar-refractivity contribution in [2.75, 3.05) is 26.2 Å². The van der Waals surface area contributed by atoms with Gasteiger partial charge in [-0.3, -0.25) is 4.79 Å². The lowest BCUT2D eigenvalue weighted by Gasteiger charge is -2.32. The fraction of sp³-hybridized carbons (Fsp3) is 0.391. The third kappa shape index (κ3) is 5.01. The number of ether oxygens (including phenoxy) is 1. The number of β-amino-alcohol motifs (C(OH)–C–C–N with tert-alkyl or cyclic N) is 1. The molecule has 1 N–H and O–H groups in total. The number of para-hydroxylation sites is 1. The molecule has 1 fully saturated rings. The van der Waals surface area contributed by atoms with Gasteiger partial charge in [-0.25, -0.2) is 4.98 Å². The van der Waals surface area contributed by atoms with Gasteiger partial charge in [0, 0.05) is 18.0 Å². The van der Waals surface area contributed by atoms with Crippen molar-refractivity contribution in [1.29, 1.82) is 0 Å². The van der Waals surface area contributed by atoms with E-state index in [0.29, 0.717) is 23.8 Å². The van der Waals surface area contributed by atoms with Crippen LogP contribution in [0.1, 0.15) is 41.0 Å². The van der Waals surface area contributed by atoms with Crippen molar-refractivity contribution in [3.8, 4) is 5.75 Å². The Hall–Kier alpha value is -2.28. The molecule has 1 saturated heterocycles. The maximum Gasteiger partial charge on any atom is 0.159 e. The highest BCUT2D eigenvalue weighted by Gasteiger charge is 2.24. The number of hydrogen-bond acceptors (Lipinski definition) is 6. The predicted molar refractivity (Wildman–Crippen MR) is 116 cm³/mol. The molecule has 0 saturated carbocycles. The Morgan fingerprint density at radius 2 is 2.03 bits per heavy atom. The molecule has 2 aromatic carbocycles. The largest absolute Gasteiger partial charge is 0.491 e. The SMILES string of the molecule is CC(=O)c1cccc(OCC(O)CN2CCC(c3nc4ccccc4s3)CC2)c1. The summed E-state index contributed by atoms with van der Waals surface area (Å²) in [5, 5.41) is 11.6. The standard InChI is InChI=1S/C23H26N2O3S/c1-16(26)18-5-4-6-20(13-18)28-15-19(27)14-25-11-9-17(10-12-25)23-24-21-7-2-3-8-22(21)29-23/h2-8,13,17,19,27H,9-12,14-15H2,1H3. The highest BCUT2D eigenvalue weighted by molar-refractivity contribution is 7.18. The Balaban J connectivity index is 1.25. The molecule has 1 aliphatic heterocycles. The summed E-state index contributed by atoms with van der Waals surface area (Å²) < 4.78 is 6.94. The lowest BCUT2D eigenvalue weighted by Crippen LogP contribution is -2.40. The third-order valence-corrected chi connectivity index (χ3v) is 6.60. The van der Waals surface area contributed by atoms with Crippen LogP contribution in [0.3, 0.4) is 0 Å². The molecule has 6 heteroatoms. The zero-order valence-electron chi connectivity index (χ0n) is 16.6. The molecule has 1 unspecified atom stereocenters. The molecule has 4 rings (SSSR count). The van der Waals surface area contributed by atoms with Gasteiger partial charge in [-0.1, -0.05) is 24.3 Å². The first kappa shape index (κ1) is 20.0. The highest BCUT2D eigenvalue weighted by atomic mass is 32.1. The summed E-state index contributed by atoms with van der Waals surface area (Å²) in [5.41, 5.74) is 1.71. The van der Waals surface area contributed by atoms with Crippen molar-refractivity contribution >= 4 is 27.3 Å². The van der Waals surface area contributed by atoms with Crippen LogP contribution in [-0.4, -0.2) is 53.1 Å². The minimum absolute atomic E-state index is 0.00648. The van der Waals surface area contributed by atoms with Gasteiger partial charge in [0.1, 0.15) is 18.5 Å². The maximum absolute atomic E-state index is 11.5. The van der Waals surface area contributed by atoms with Crippen LogP contribution in [-0.2, 0) is 0 Å². The summed E-state index contributed by atoms with van der Waals surface area (Å²) in [5.74, 6) is 1.13. The van der Waals surface area contributed by atoms with E-state index in [0.717, 1.165) is 31.4 Å². The van der Waals surface area contributed by atoms with E-state index in [9.17, 15) is 9.90 Å². The first-order valence-electron chi connectivity index (χ1n) is 10.1. The van der Waals surface area contributed by atoms with Gasteiger partial charge in [0.05, 0.1) is 15.2 Å². The number of nitrogens with zero attached hydrogens (tertiary/aromatic N) is 2. The Bertz CT molecular complexity index is 946. The minimum atomic E-state index is -0.560. The molecule has 29 heavy (non-hydrogen) atoms. The number of benzene rings is 2. The van der Waals surface area contributed by atoms with Crippen LogP contribution in [0.5, 0.6) is 5.75 Å². The normalized spacial score (nSPS) is 16.8. The number of aliphatic hydroxyl groups excluding tert-OH is 1. The van der Waals surface area contributed by atoms with Crippen LogP contribution >= 0.6 is 11.3 Å². The van der Waals surface area contributed by atoms with Gasteiger partial charge in [-0.2, -0.15) is 0 Å². The van der Waals surface area contributed by atoms with Crippen LogP contribution in [0.4, 0.5) is 0 Å². The molecule has 0 radical (unpaired) electrons. The van der Waals surface area contributed by atoms with Crippen LogP contribution < -0.4 is 4.74 Å². The second kappa shape index (κ2) is 9.03. The minimum Gasteiger partial charge on any atom is -0.491 e. The van der Waals surface area contributed by atoms with E-state index in [-0.39, 0.29) is 12.4 Å². The number of hydrogen-bond donors (Lipinski definition) is 1. The number of thiazole rings is 1. The molecule has 1 atom stereocenters. The van der Waals surface area contributed by atoms with Crippen LogP contribution in [0.25, 0.3) is 10.2 Å². The number of aromatic nitrogens is 1. The molecule has 0 amide bonds. The first-order valence-corrected chi connectivity index (χ1v) is 10.9. The number of ketones is 1. The Morgan fingerprint density at radius 1 is 1.24 bits per heavy atom. The third-order valence-electron chi connectivity index (χ3n) is 5.40. The fourth-order valence-electron chi connectivity index (χ4n) is 3.78. The zero-order valence-corrected chi connectivity index (χ0v) is 17.4. The van der Waals surface area contributed by atoms with E-state index in [1.54, 1.807) is 29.5 Å². The van der Waals surface area contributed by atoms with Crippen LogP contribution in [0.2, 0.25) is 0 Å². The summed E-state index contributed by atoms with van der Waals surface area (Å²) in [6.45, 7) is 4.26. The van der Waals surface area contributed by atoms with Crippen molar-refractivity contribution in [2.45, 2.75) is 31.8 Å². The smallest absolute Gasteiger partial charge is 0.159 e. The molecule has 0 spiro atoms. The van der Waals surface area contributed by atoms with Gasteiger partial charge in [0.2, 0.25) is 0 Å². The lowest BCUT2D eigenvalue weighted by molar-refractivity contribution is 0.0594. The predicted octanol–water partition coefficient (Wildman–Crippen LogP) is 4.12. The zero-order chi connectivity index (χ0) is 20.2. The molecule has 2 heterocycles. The molecule has 1 aromatic heterocycles. The molecular weight excluding hydrogens is 384 g/mol. The Kier molecular flexibility index (Phi) is 6.23. The van der Waals surface area contributed by atoms with Crippen molar-refractivity contribution in [1.82, 2.24) is 9.88 Å². The average molecular weight is 411 g/mol. The van der Waals surface area contributed by atoms with E-state index >= 15 is 0 Å². The van der Waals surface area contributed by atoms with Crippen molar-refractivity contribution in [2.24, 2.45) is 0 Å². The molecule has 0 bridgehead atoms. The molecule has 0 aliphatic carbocycles. The number of aliphatic hydroxyl groups is 1. The quantitative estimate of drug-likeness (QED) is 0.594. The van der Waals surface area contributed by atoms with Crippen LogP contribution in [0.15, 0.2) is 48.5 Å². The second-order valence-electron chi connectivity index (χ2n) is 7.64. The van der Waals surface area contributed by atoms with Gasteiger partial charge in [-0.15, -0.1) is 11.3 Å². The average Bonchev–Trinajstić information content (AvgIpc) is 3.17. The summed E-state index contributed by atoms with van der Waals surface area (Å²) in [4.78, 5) is 18.6. The molecule has 1 aliphatic rings. The van der Waals surface area contributed by atoms with E-state index in [1.165, 1.54) is 16.6 Å². The summed E-state index contributed by atoms with van der Waals surface area (Å²) in [6.07, 6.45) is 1.57. The summed E-state index contributed by atoms with van der Waals surface area (Å²) >= 11 is 1.80. The van der Waals surface area contributed by atoms with E-state index in [1.807, 2.05) is 12.1 Å². The number of rotatable bonds is 7. The van der Waals surface area contributed by atoms with Crippen molar-refractivity contribution < 1.29 is 14.6 Å². The van der Waals surface area contributed by atoms with Gasteiger partial charge in [-0.05, 0) is 57.1 Å². The highest BCUT2D eigenvalue weighted by Crippen LogP contribution is 2.33. The maximum atomic E-state index is 11.5. The second-order valence-corrected chi connectivity index (χ2v) is 8.71. The number of Topliss-reactive ketones (excluding diaryl/α,β-unsaturated/α-hetero) is 1. The van der Waals surface area contributed by atoms with Gasteiger partial charge >= 0.3 is 0 Å². The molecule has 152 valence electrons. The number of carbonyl (C=O) groups is 1. The Labute approximate surface area is 175 Å². The number of carbonyl (C=O) groups excluding carboxylic acids is 1. The monoisotopic (exact) mass is 410 g/mol. The van der Waals surface area contributed by atoms with Gasteiger partial charge in [0.25, 0.3) is 0 Å². The molecule has 5 nitrogen and oxygen atoms in total. The summed E-state index contributed by atoms with van der Waals surface area (Å²) in [7, 11) is 0. The fourth-order valence-corrected chi connectivity index (χ4v) is 4.91. The number of likely N-dealkylation sites (tertiary alicyclic amines) is 1. The first-order chi connectivity index (χ1) is 14.1. The lowest BCUT2D eigenvalue weighted by atomic mass is 9.97. The molecular formula is C23H26N2O3S. The number of piperidine rings is 1. The van der Waals surface area contributed by atoms with Crippen molar-refractivity contribution in [3.63, 3.8) is 0 Å². The summed E-state index contributed by atoms with van der Waals surface area (Å²) in [6, 6.07) is 15.4. The van der Waals surface area contributed by atoms with E-state index in [2.05, 4.69) is 23.1 Å². The van der Waals surface area contributed by atoms with Gasteiger partial charge < -0.3 is 14.7 Å². The van der Waals surface area contributed by atoms with Crippen molar-refractivity contribution in [3.05, 3.63) is 59.1 Å². The van der Waals surface area contributed by atoms with Crippen LogP contribution in [0, 0.1) is 0 Å². The molecule has 3 aromatic rings.